The molecule has 24 heteroatoms. The molecule has 102 heavy (non-hydrogen) atoms. The van der Waals surface area contributed by atoms with Crippen LogP contribution in [0.2, 0.25) is 0 Å². The van der Waals surface area contributed by atoms with E-state index in [1.54, 1.807) is 105 Å². The summed E-state index contributed by atoms with van der Waals surface area (Å²) < 4.78 is 24.7. The average Bonchev–Trinajstić information content (AvgIpc) is 0.838. The molecule has 0 radical (unpaired) electrons. The van der Waals surface area contributed by atoms with E-state index in [0.29, 0.717) is 64.5 Å². The number of hydrogen-bond donors (Lipinski definition) is 6. The van der Waals surface area contributed by atoms with Crippen LogP contribution in [0.1, 0.15) is 71.5 Å². The molecule has 7 heterocycles. The Balaban J connectivity index is 0.000000177. The molecule has 6 N–H and O–H groups in total. The lowest BCUT2D eigenvalue weighted by molar-refractivity contribution is -0.115. The highest BCUT2D eigenvalue weighted by atomic mass is 31.2. The van der Waals surface area contributed by atoms with E-state index in [1.165, 1.54) is 5.56 Å². The van der Waals surface area contributed by atoms with Gasteiger partial charge in [-0.15, -0.1) is 0 Å². The Morgan fingerprint density at radius 1 is 0.471 bits per heavy atom. The number of amides is 3. The molecule has 1 aliphatic rings. The molecule has 12 rings (SSSR count). The van der Waals surface area contributed by atoms with Gasteiger partial charge in [-0.1, -0.05) is 70.2 Å². The minimum absolute atomic E-state index is 0.143. The summed E-state index contributed by atoms with van der Waals surface area (Å²) in [5.74, 6) is 0.857. The van der Waals surface area contributed by atoms with Gasteiger partial charge in [0.25, 0.3) is 11.8 Å². The van der Waals surface area contributed by atoms with Crippen molar-refractivity contribution in [2.45, 2.75) is 54.5 Å². The van der Waals surface area contributed by atoms with E-state index in [4.69, 9.17) is 0 Å². The number of aromatic nitrogens is 9. The fourth-order valence-corrected chi connectivity index (χ4v) is 13.1. The number of hydrogen-bond acceptors (Lipinski definition) is 19. The van der Waals surface area contributed by atoms with E-state index in [9.17, 15) is 23.5 Å². The van der Waals surface area contributed by atoms with Crippen LogP contribution in [0.15, 0.2) is 220 Å². The van der Waals surface area contributed by atoms with E-state index >= 15 is 0 Å². The van der Waals surface area contributed by atoms with Crippen molar-refractivity contribution < 1.29 is 23.5 Å². The van der Waals surface area contributed by atoms with Gasteiger partial charge >= 0.3 is 0 Å². The first-order valence-electron chi connectivity index (χ1n) is 33.8. The van der Waals surface area contributed by atoms with Gasteiger partial charge < -0.3 is 45.9 Å². The van der Waals surface area contributed by atoms with Gasteiger partial charge in [-0.3, -0.25) is 34.2 Å². The molecule has 0 atom stereocenters. The average molecular weight is 1400 g/mol. The fourth-order valence-electron chi connectivity index (χ4n) is 10.5. The number of aryl methyl sites for hydroxylation is 2. The lowest BCUT2D eigenvalue weighted by Gasteiger charge is -2.32. The quantitative estimate of drug-likeness (QED) is 0.0344. The first-order valence-corrected chi connectivity index (χ1v) is 38.7. The summed E-state index contributed by atoms with van der Waals surface area (Å²) in [5, 5.41) is 19.3. The van der Waals surface area contributed by atoms with Crippen molar-refractivity contribution in [3.8, 4) is 33.8 Å². The van der Waals surface area contributed by atoms with Gasteiger partial charge in [0.2, 0.25) is 23.8 Å². The number of carbonyl (C=O) groups excluding carboxylic acids is 3. The standard InChI is InChI=1S/C29H31N7O.C27H28N5O2P.C20H22N5O2P.C2H6/c1-21-5-10-25(18-27(21)34-29-31-13-11-26(33-29)24-4-3-12-30-19-24)32-28(37)23-8-6-22(7-9-23)20-36-16-14-35(2)15-17-36;1-4-35(34,5-2)23-10-7-21(8-11-23)26(33)30-22-9-6-19(3)25(18-22)32-27-29-17-14-24(31-27)20-12-15-28-16-13-20;1-28(2,27)13-9-19(26)23-16-4-3-5-17(14-16)24-20-22-12-8-18(25-20)15-6-10-21-11-7-15;1-2/h3-13,18-19H,14-17,20H2,1-2H3,(H,32,37)(H,31,33,34);6-18H,4-5H2,1-3H3,(H,30,33)(H,29,31,32);3-8,10-12,14H,9,13H2,1-2H3,(H,23,26)(H,22,24,25);1-2H3. The second-order valence-corrected chi connectivity index (χ2v) is 31.5. The highest BCUT2D eigenvalue weighted by Crippen LogP contribution is 2.43. The highest BCUT2D eigenvalue weighted by Gasteiger charge is 2.21. The number of carbonyl (C=O) groups is 3. The molecule has 11 aromatic rings. The molecule has 3 amide bonds. The second kappa shape index (κ2) is 36.9. The highest BCUT2D eigenvalue weighted by molar-refractivity contribution is 7.71. The number of anilines is 9. The molecule has 1 fully saturated rings. The van der Waals surface area contributed by atoms with E-state index in [2.05, 4.69) is 93.6 Å². The number of piperazine rings is 1. The SMILES string of the molecule is CC.CCP(=O)(CC)c1ccc(C(=O)Nc2ccc(C)c(Nc3nccc(-c4ccncc4)n3)c2)cc1.CP(C)(=O)CCC(=O)Nc1cccc(Nc2nccc(-c3ccncc3)n2)c1.Cc1ccc(NC(=O)c2ccc(CN3CCN(C)CC3)cc2)cc1Nc1nccc(-c2cccnc2)n1. The molecule has 524 valence electrons. The van der Waals surface area contributed by atoms with Gasteiger partial charge in [-0.25, -0.2) is 29.9 Å². The fraction of sp³-hybridized carbons (Fsp3) is 0.231. The van der Waals surface area contributed by atoms with E-state index in [-0.39, 0.29) is 24.1 Å². The van der Waals surface area contributed by atoms with Crippen molar-refractivity contribution in [1.29, 1.82) is 0 Å². The molecule has 0 bridgehead atoms. The summed E-state index contributed by atoms with van der Waals surface area (Å²) >= 11 is 0. The number of rotatable bonds is 22. The predicted octanol–water partition coefficient (Wildman–Crippen LogP) is 15.7. The van der Waals surface area contributed by atoms with Crippen LogP contribution in [0, 0.1) is 13.8 Å². The van der Waals surface area contributed by atoms with Gasteiger partial charge in [0.15, 0.2) is 0 Å². The summed E-state index contributed by atoms with van der Waals surface area (Å²) in [6.07, 6.45) is 17.3. The van der Waals surface area contributed by atoms with Crippen LogP contribution in [0.4, 0.5) is 52.0 Å². The Hall–Kier alpha value is -11.0. The van der Waals surface area contributed by atoms with Crippen molar-refractivity contribution in [2.24, 2.45) is 0 Å². The summed E-state index contributed by atoms with van der Waals surface area (Å²) in [7, 11) is -2.42. The van der Waals surface area contributed by atoms with Gasteiger partial charge in [0.05, 0.1) is 24.2 Å². The minimum atomic E-state index is -2.37. The van der Waals surface area contributed by atoms with Crippen LogP contribution in [0.5, 0.6) is 0 Å². The lowest BCUT2D eigenvalue weighted by Crippen LogP contribution is -2.43. The summed E-state index contributed by atoms with van der Waals surface area (Å²) in [4.78, 5) is 81.5. The maximum atomic E-state index is 12.9. The zero-order valence-electron chi connectivity index (χ0n) is 59.0. The zero-order chi connectivity index (χ0) is 72.4. The third-order valence-electron chi connectivity index (χ3n) is 16.5. The Morgan fingerprint density at radius 3 is 1.42 bits per heavy atom. The van der Waals surface area contributed by atoms with Gasteiger partial charge in [0, 0.05) is 181 Å². The number of pyridine rings is 3. The van der Waals surface area contributed by atoms with Crippen LogP contribution >= 0.6 is 14.3 Å². The number of likely N-dealkylation sites (N-methyl/N-ethyl adjacent to an activating group) is 1. The third kappa shape index (κ3) is 22.5. The van der Waals surface area contributed by atoms with Gasteiger partial charge in [-0.05, 0) is 172 Å². The molecule has 0 spiro atoms. The molecular formula is C78H87N17O5P2. The van der Waals surface area contributed by atoms with E-state index < -0.39 is 14.3 Å². The number of nitrogens with one attached hydrogen (secondary N) is 6. The number of benzene rings is 5. The Kier molecular flexibility index (Phi) is 27.2. The monoisotopic (exact) mass is 1400 g/mol. The summed E-state index contributed by atoms with van der Waals surface area (Å²) in [5.41, 5.74) is 13.9. The molecular weight excluding hydrogens is 1320 g/mol. The van der Waals surface area contributed by atoms with Crippen LogP contribution < -0.4 is 37.2 Å². The largest absolute Gasteiger partial charge is 0.326 e. The van der Waals surface area contributed by atoms with Crippen LogP contribution in [0.25, 0.3) is 33.8 Å². The Bertz CT molecular complexity index is 4650. The first-order chi connectivity index (χ1) is 49.3. The lowest BCUT2D eigenvalue weighted by atomic mass is 10.1. The maximum absolute atomic E-state index is 12.9. The van der Waals surface area contributed by atoms with Gasteiger partial charge in [-0.2, -0.15) is 0 Å². The molecule has 0 saturated carbocycles. The van der Waals surface area contributed by atoms with Crippen molar-refractivity contribution in [1.82, 2.24) is 54.7 Å². The van der Waals surface area contributed by atoms with Crippen LogP contribution in [0.3, 0.4) is 0 Å². The summed E-state index contributed by atoms with van der Waals surface area (Å²) in [6.45, 7) is 20.5. The molecule has 0 unspecified atom stereocenters. The van der Waals surface area contributed by atoms with Crippen molar-refractivity contribution in [3.05, 3.63) is 247 Å². The van der Waals surface area contributed by atoms with Gasteiger partial charge in [0.1, 0.15) is 7.14 Å². The normalized spacial score (nSPS) is 12.1. The summed E-state index contributed by atoms with van der Waals surface area (Å²) in [6, 6.07) is 50.5. The molecule has 22 nitrogen and oxygen atoms in total. The van der Waals surface area contributed by atoms with E-state index in [0.717, 1.165) is 100.0 Å². The smallest absolute Gasteiger partial charge is 0.255 e. The molecule has 1 saturated heterocycles. The van der Waals surface area contributed by atoms with Crippen molar-refractivity contribution in [3.63, 3.8) is 0 Å². The van der Waals surface area contributed by atoms with Crippen molar-refractivity contribution >= 4 is 89.3 Å². The molecule has 0 aliphatic carbocycles. The maximum Gasteiger partial charge on any atom is 0.255 e. The van der Waals surface area contributed by atoms with Crippen LogP contribution in [-0.4, -0.2) is 137 Å². The first kappa shape index (κ1) is 75.2. The molecule has 5 aromatic carbocycles. The minimum Gasteiger partial charge on any atom is -0.326 e. The number of nitrogens with zero attached hydrogens (tertiary/aromatic N) is 11. The third-order valence-corrected chi connectivity index (χ3v) is 21.1. The van der Waals surface area contributed by atoms with Crippen molar-refractivity contribution in [2.75, 3.05) is 96.9 Å². The Morgan fingerprint density at radius 2 is 0.941 bits per heavy atom. The Labute approximate surface area is 597 Å². The molecule has 6 aromatic heterocycles. The topological polar surface area (TPSA) is 280 Å². The second-order valence-electron chi connectivity index (χ2n) is 24.4. The zero-order valence-corrected chi connectivity index (χ0v) is 60.8. The predicted molar refractivity (Wildman–Crippen MR) is 413 cm³/mol. The van der Waals surface area contributed by atoms with E-state index in [1.807, 2.05) is 169 Å². The van der Waals surface area contributed by atoms with Crippen LogP contribution in [-0.2, 0) is 20.5 Å². The molecule has 1 aliphatic heterocycles.